The number of aliphatic imine (C=N–C) groups is 1. The molecular formula is C21H28F2IN3O3S. The van der Waals surface area contributed by atoms with Gasteiger partial charge in [-0.1, -0.05) is 30.3 Å². The van der Waals surface area contributed by atoms with Crippen molar-refractivity contribution in [2.75, 3.05) is 25.9 Å². The van der Waals surface area contributed by atoms with Gasteiger partial charge in [0.05, 0.1) is 10.6 Å². The lowest BCUT2D eigenvalue weighted by molar-refractivity contribution is -0.0498. The molecule has 2 rings (SSSR count). The molecule has 2 aromatic rings. The normalized spacial score (nSPS) is 11.7. The third-order valence-corrected chi connectivity index (χ3v) is 6.02. The molecule has 0 aliphatic carbocycles. The van der Waals surface area contributed by atoms with Gasteiger partial charge in [-0.3, -0.25) is 4.99 Å². The molecule has 0 saturated carbocycles. The van der Waals surface area contributed by atoms with Gasteiger partial charge < -0.3 is 15.0 Å². The summed E-state index contributed by atoms with van der Waals surface area (Å²) >= 11 is 0. The molecule has 0 bridgehead atoms. The Bertz CT molecular complexity index is 911. The number of nitrogens with zero attached hydrogens (tertiary/aromatic N) is 2. The van der Waals surface area contributed by atoms with Gasteiger partial charge in [0.15, 0.2) is 15.8 Å². The Morgan fingerprint density at radius 3 is 2.35 bits per heavy atom. The number of hydrogen-bond acceptors (Lipinski definition) is 4. The van der Waals surface area contributed by atoms with E-state index >= 15 is 0 Å². The Kier molecular flexibility index (Phi) is 11.8. The van der Waals surface area contributed by atoms with E-state index in [1.165, 1.54) is 12.1 Å². The molecule has 0 amide bonds. The van der Waals surface area contributed by atoms with Gasteiger partial charge in [-0.2, -0.15) is 8.78 Å². The summed E-state index contributed by atoms with van der Waals surface area (Å²) in [7, 11) is -1.47. The van der Waals surface area contributed by atoms with E-state index in [2.05, 4.69) is 15.0 Å². The first-order valence-electron chi connectivity index (χ1n) is 9.63. The molecule has 10 heteroatoms. The predicted molar refractivity (Wildman–Crippen MR) is 129 cm³/mol. The van der Waals surface area contributed by atoms with E-state index in [1.54, 1.807) is 42.5 Å². The summed E-state index contributed by atoms with van der Waals surface area (Å²) in [5.41, 5.74) is 0.899. The maximum atomic E-state index is 12.3. The zero-order valence-electron chi connectivity index (χ0n) is 17.5. The number of halogens is 3. The number of rotatable bonds is 10. The highest BCUT2D eigenvalue weighted by Crippen LogP contribution is 2.16. The first-order valence-corrected chi connectivity index (χ1v) is 11.3. The summed E-state index contributed by atoms with van der Waals surface area (Å²) in [6.45, 7) is 0.617. The lowest BCUT2D eigenvalue weighted by atomic mass is 10.2. The number of hydrogen-bond donors (Lipinski definition) is 1. The summed E-state index contributed by atoms with van der Waals surface area (Å²) < 4.78 is 53.5. The summed E-state index contributed by atoms with van der Waals surface area (Å²) in [5.74, 6) is 0.772. The smallest absolute Gasteiger partial charge is 0.387 e. The van der Waals surface area contributed by atoms with Crippen LogP contribution in [0.25, 0.3) is 0 Å². The number of ether oxygens (including phenoxy) is 1. The van der Waals surface area contributed by atoms with Crippen LogP contribution in [0.1, 0.15) is 18.9 Å². The van der Waals surface area contributed by atoms with Gasteiger partial charge in [-0.05, 0) is 43.2 Å². The van der Waals surface area contributed by atoms with Crippen LogP contribution in [0.3, 0.4) is 0 Å². The average molecular weight is 567 g/mol. The molecule has 31 heavy (non-hydrogen) atoms. The second-order valence-corrected chi connectivity index (χ2v) is 8.71. The SMILES string of the molecule is CCNC(=NCCCS(=O)(=O)c1ccccc1)N(C)Cc1ccc(OC(F)F)cc1.I. The highest BCUT2D eigenvalue weighted by atomic mass is 127. The standard InChI is InChI=1S/C21H27F2N3O3S.HI/c1-3-24-21(25-14-7-15-30(27,28)19-8-5-4-6-9-19)26(2)16-17-10-12-18(13-11-17)29-20(22)23;/h4-6,8-13,20H,3,7,14-16H2,1-2H3,(H,24,25);1H. The van der Waals surface area contributed by atoms with Crippen molar-refractivity contribution in [3.63, 3.8) is 0 Å². The van der Waals surface area contributed by atoms with Gasteiger partial charge >= 0.3 is 6.61 Å². The van der Waals surface area contributed by atoms with Crippen molar-refractivity contribution in [2.24, 2.45) is 4.99 Å². The van der Waals surface area contributed by atoms with E-state index in [-0.39, 0.29) is 35.5 Å². The summed E-state index contributed by atoms with van der Waals surface area (Å²) in [6.07, 6.45) is 0.402. The van der Waals surface area contributed by atoms with Gasteiger partial charge in [-0.15, -0.1) is 24.0 Å². The first-order chi connectivity index (χ1) is 14.3. The third kappa shape index (κ3) is 9.38. The maximum absolute atomic E-state index is 12.3. The van der Waals surface area contributed by atoms with Crippen molar-refractivity contribution in [3.8, 4) is 5.75 Å². The second kappa shape index (κ2) is 13.5. The number of alkyl halides is 2. The van der Waals surface area contributed by atoms with Crippen LogP contribution >= 0.6 is 24.0 Å². The van der Waals surface area contributed by atoms with Crippen molar-refractivity contribution in [1.29, 1.82) is 0 Å². The minimum absolute atomic E-state index is 0. The maximum Gasteiger partial charge on any atom is 0.387 e. The van der Waals surface area contributed by atoms with Crippen LogP contribution in [0.5, 0.6) is 5.75 Å². The molecule has 6 nitrogen and oxygen atoms in total. The molecule has 0 spiro atoms. The van der Waals surface area contributed by atoms with Gasteiger partial charge in [-0.25, -0.2) is 8.42 Å². The minimum atomic E-state index is -3.32. The van der Waals surface area contributed by atoms with E-state index in [0.29, 0.717) is 36.9 Å². The molecule has 0 radical (unpaired) electrons. The molecule has 0 aliphatic heterocycles. The number of benzene rings is 2. The Labute approximate surface area is 199 Å². The Hall–Kier alpha value is -1.95. The molecule has 2 aromatic carbocycles. The summed E-state index contributed by atoms with van der Waals surface area (Å²) in [5, 5.41) is 3.17. The summed E-state index contributed by atoms with van der Waals surface area (Å²) in [4.78, 5) is 6.71. The molecule has 0 heterocycles. The van der Waals surface area contributed by atoms with Crippen LogP contribution in [0.15, 0.2) is 64.5 Å². The first kappa shape index (κ1) is 27.1. The van der Waals surface area contributed by atoms with Gasteiger partial charge in [0, 0.05) is 26.7 Å². The van der Waals surface area contributed by atoms with Crippen LogP contribution in [0.2, 0.25) is 0 Å². The molecule has 0 unspecified atom stereocenters. The van der Waals surface area contributed by atoms with E-state index in [4.69, 9.17) is 0 Å². The molecular weight excluding hydrogens is 539 g/mol. The largest absolute Gasteiger partial charge is 0.435 e. The average Bonchev–Trinajstić information content (AvgIpc) is 2.72. The monoisotopic (exact) mass is 567 g/mol. The van der Waals surface area contributed by atoms with Crippen molar-refractivity contribution in [3.05, 3.63) is 60.2 Å². The van der Waals surface area contributed by atoms with Crippen molar-refractivity contribution < 1.29 is 21.9 Å². The Balaban J connectivity index is 0.00000480. The van der Waals surface area contributed by atoms with Crippen LogP contribution in [-0.4, -0.2) is 51.8 Å². The zero-order chi connectivity index (χ0) is 22.0. The van der Waals surface area contributed by atoms with Gasteiger partial charge in [0.1, 0.15) is 5.75 Å². The third-order valence-electron chi connectivity index (χ3n) is 4.20. The van der Waals surface area contributed by atoms with Crippen molar-refractivity contribution in [2.45, 2.75) is 31.4 Å². The predicted octanol–water partition coefficient (Wildman–Crippen LogP) is 4.17. The van der Waals surface area contributed by atoms with Crippen LogP contribution in [0, 0.1) is 0 Å². The fraction of sp³-hybridized carbons (Fsp3) is 0.381. The van der Waals surface area contributed by atoms with Gasteiger partial charge in [0.25, 0.3) is 0 Å². The molecule has 0 aromatic heterocycles. The molecule has 0 aliphatic rings. The topological polar surface area (TPSA) is 71.0 Å². The van der Waals surface area contributed by atoms with E-state index in [9.17, 15) is 17.2 Å². The molecule has 0 fully saturated rings. The van der Waals surface area contributed by atoms with Crippen molar-refractivity contribution >= 4 is 39.8 Å². The lowest BCUT2D eigenvalue weighted by Gasteiger charge is -2.22. The van der Waals surface area contributed by atoms with Crippen LogP contribution < -0.4 is 10.1 Å². The second-order valence-electron chi connectivity index (χ2n) is 6.60. The molecule has 0 saturated heterocycles. The van der Waals surface area contributed by atoms with E-state index < -0.39 is 16.4 Å². The highest BCUT2D eigenvalue weighted by molar-refractivity contribution is 14.0. The number of sulfone groups is 1. The fourth-order valence-electron chi connectivity index (χ4n) is 2.78. The Morgan fingerprint density at radius 2 is 1.77 bits per heavy atom. The molecule has 172 valence electrons. The quantitative estimate of drug-likeness (QED) is 0.202. The number of nitrogens with one attached hydrogen (secondary N) is 1. The van der Waals surface area contributed by atoms with E-state index in [1.807, 2.05) is 18.9 Å². The van der Waals surface area contributed by atoms with Gasteiger partial charge in [0.2, 0.25) is 0 Å². The lowest BCUT2D eigenvalue weighted by Crippen LogP contribution is -2.38. The summed E-state index contributed by atoms with van der Waals surface area (Å²) in [6, 6.07) is 14.8. The molecule has 0 atom stereocenters. The highest BCUT2D eigenvalue weighted by Gasteiger charge is 2.13. The zero-order valence-corrected chi connectivity index (χ0v) is 20.6. The van der Waals surface area contributed by atoms with Crippen molar-refractivity contribution in [1.82, 2.24) is 10.2 Å². The molecule has 1 N–H and O–H groups in total. The minimum Gasteiger partial charge on any atom is -0.435 e. The Morgan fingerprint density at radius 1 is 1.13 bits per heavy atom. The fourth-order valence-corrected chi connectivity index (χ4v) is 4.10. The van der Waals surface area contributed by atoms with E-state index in [0.717, 1.165) is 5.56 Å². The van der Waals surface area contributed by atoms with Crippen LogP contribution in [0.4, 0.5) is 8.78 Å². The number of guanidine groups is 1. The van der Waals surface area contributed by atoms with Crippen LogP contribution in [-0.2, 0) is 16.4 Å².